The number of pyridine rings is 1. The van der Waals surface area contributed by atoms with Crippen LogP contribution in [0.4, 0.5) is 8.78 Å². The molecule has 4 aromatic rings. The number of hydrogen-bond donors (Lipinski definition) is 1. The van der Waals surface area contributed by atoms with E-state index in [0.29, 0.717) is 22.4 Å². The molecule has 1 aliphatic rings. The van der Waals surface area contributed by atoms with Gasteiger partial charge in [-0.1, -0.05) is 0 Å². The first kappa shape index (κ1) is 19.8. The monoisotopic (exact) mass is 433 g/mol. The van der Waals surface area contributed by atoms with Crippen LogP contribution in [0.1, 0.15) is 28.8 Å². The summed E-state index contributed by atoms with van der Waals surface area (Å²) >= 11 is 0. The summed E-state index contributed by atoms with van der Waals surface area (Å²) in [6.45, 7) is -0.0128. The summed E-state index contributed by atoms with van der Waals surface area (Å²) in [5.41, 5.74) is 2.81. The van der Waals surface area contributed by atoms with Gasteiger partial charge in [-0.3, -0.25) is 14.5 Å². The van der Waals surface area contributed by atoms with Gasteiger partial charge < -0.3 is 4.90 Å². The molecule has 1 aromatic carbocycles. The first-order valence-corrected chi connectivity index (χ1v) is 10.00. The number of carbonyl (C=O) groups is 1. The molecular formula is C22H17F2N7O. The van der Waals surface area contributed by atoms with Crippen LogP contribution in [0, 0.1) is 11.3 Å². The van der Waals surface area contributed by atoms with E-state index in [1.54, 1.807) is 16.8 Å². The molecule has 160 valence electrons. The molecule has 8 nitrogen and oxygen atoms in total. The van der Waals surface area contributed by atoms with Gasteiger partial charge in [0.25, 0.3) is 11.8 Å². The Bertz CT molecular complexity index is 1330. The molecule has 0 bridgehead atoms. The maximum absolute atomic E-state index is 13.4. The number of H-pyrrole nitrogens is 1. The molecule has 0 saturated carbocycles. The maximum Gasteiger partial charge on any atom is 0.255 e. The minimum absolute atomic E-state index is 0.00642. The number of aromatic nitrogens is 5. The molecule has 4 heterocycles. The summed E-state index contributed by atoms with van der Waals surface area (Å²) in [4.78, 5) is 22.8. The van der Waals surface area contributed by atoms with Crippen molar-refractivity contribution >= 4 is 16.9 Å². The maximum atomic E-state index is 13.4. The van der Waals surface area contributed by atoms with Crippen molar-refractivity contribution in [2.75, 3.05) is 13.1 Å². The van der Waals surface area contributed by atoms with Crippen molar-refractivity contribution in [2.24, 2.45) is 0 Å². The lowest BCUT2D eigenvalue weighted by Crippen LogP contribution is -2.42. The average molecular weight is 433 g/mol. The van der Waals surface area contributed by atoms with E-state index in [1.807, 2.05) is 24.3 Å². The Labute approximate surface area is 181 Å². The van der Waals surface area contributed by atoms with Crippen LogP contribution < -0.4 is 0 Å². The normalized spacial score (nSPS) is 15.6. The van der Waals surface area contributed by atoms with Gasteiger partial charge in [0, 0.05) is 55.0 Å². The van der Waals surface area contributed by atoms with E-state index in [0.717, 1.165) is 11.3 Å². The number of carbonyl (C=O) groups excluding carboxylic acids is 1. The van der Waals surface area contributed by atoms with Gasteiger partial charge in [-0.2, -0.15) is 10.4 Å². The number of amides is 1. The summed E-state index contributed by atoms with van der Waals surface area (Å²) in [7, 11) is 0. The lowest BCUT2D eigenvalue weighted by molar-refractivity contribution is -0.0494. The van der Waals surface area contributed by atoms with Crippen LogP contribution >= 0.6 is 0 Å². The number of aromatic amines is 1. The van der Waals surface area contributed by atoms with Crippen LogP contribution in [0.2, 0.25) is 0 Å². The van der Waals surface area contributed by atoms with Crippen LogP contribution in [0.3, 0.4) is 0 Å². The highest BCUT2D eigenvalue weighted by atomic mass is 19.3. The summed E-state index contributed by atoms with van der Waals surface area (Å²) in [5.74, 6) is -2.45. The number of benzene rings is 1. The highest BCUT2D eigenvalue weighted by Crippen LogP contribution is 2.29. The Morgan fingerprint density at radius 2 is 1.91 bits per heavy atom. The van der Waals surface area contributed by atoms with E-state index in [9.17, 15) is 18.8 Å². The van der Waals surface area contributed by atoms with Crippen LogP contribution in [0.25, 0.3) is 28.1 Å². The molecule has 0 aliphatic carbocycles. The number of nitrogens with one attached hydrogen (secondary N) is 1. The highest BCUT2D eigenvalue weighted by Gasteiger charge is 2.36. The van der Waals surface area contributed by atoms with Crippen molar-refractivity contribution in [1.82, 2.24) is 29.6 Å². The van der Waals surface area contributed by atoms with Crippen LogP contribution in [-0.4, -0.2) is 54.6 Å². The molecule has 10 heteroatoms. The van der Waals surface area contributed by atoms with Crippen molar-refractivity contribution in [3.8, 4) is 23.1 Å². The minimum Gasteiger partial charge on any atom is -0.338 e. The van der Waals surface area contributed by atoms with E-state index < -0.39 is 5.92 Å². The second-order valence-corrected chi connectivity index (χ2v) is 7.65. The van der Waals surface area contributed by atoms with Crippen LogP contribution in [0.5, 0.6) is 0 Å². The van der Waals surface area contributed by atoms with E-state index >= 15 is 0 Å². The average Bonchev–Trinajstić information content (AvgIpc) is 3.47. The molecule has 1 aliphatic heterocycles. The molecule has 0 atom stereocenters. The summed E-state index contributed by atoms with van der Waals surface area (Å²) in [6, 6.07) is 11.2. The third kappa shape index (κ3) is 3.47. The number of hydrogen-bond acceptors (Lipinski definition) is 5. The van der Waals surface area contributed by atoms with E-state index in [2.05, 4.69) is 26.2 Å². The quantitative estimate of drug-likeness (QED) is 0.532. The van der Waals surface area contributed by atoms with Crippen molar-refractivity contribution in [3.63, 3.8) is 0 Å². The predicted octanol–water partition coefficient (Wildman–Crippen LogP) is 3.55. The molecule has 32 heavy (non-hydrogen) atoms. The zero-order chi connectivity index (χ0) is 22.3. The molecule has 3 aromatic heterocycles. The third-order valence-corrected chi connectivity index (χ3v) is 5.63. The lowest BCUT2D eigenvalue weighted by Gasteiger charge is -2.31. The van der Waals surface area contributed by atoms with Crippen molar-refractivity contribution in [3.05, 3.63) is 60.2 Å². The zero-order valence-electron chi connectivity index (χ0n) is 16.8. The van der Waals surface area contributed by atoms with Gasteiger partial charge in [0.2, 0.25) is 0 Å². The third-order valence-electron chi connectivity index (χ3n) is 5.63. The Morgan fingerprint density at radius 3 is 2.56 bits per heavy atom. The Balaban J connectivity index is 1.47. The Hall–Kier alpha value is -4.13. The van der Waals surface area contributed by atoms with Gasteiger partial charge >= 0.3 is 0 Å². The number of alkyl halides is 2. The van der Waals surface area contributed by atoms with Crippen molar-refractivity contribution < 1.29 is 13.6 Å². The predicted molar refractivity (Wildman–Crippen MR) is 111 cm³/mol. The molecule has 0 unspecified atom stereocenters. The van der Waals surface area contributed by atoms with Crippen molar-refractivity contribution in [2.45, 2.75) is 18.8 Å². The molecule has 1 N–H and O–H groups in total. The highest BCUT2D eigenvalue weighted by molar-refractivity contribution is 5.98. The molecule has 0 spiro atoms. The topological polar surface area (TPSA) is 103 Å². The number of halogens is 2. The number of likely N-dealkylation sites (tertiary alicyclic amines) is 1. The first-order valence-electron chi connectivity index (χ1n) is 10.00. The fourth-order valence-electron chi connectivity index (χ4n) is 3.85. The van der Waals surface area contributed by atoms with Gasteiger partial charge in [-0.05, 0) is 30.3 Å². The second kappa shape index (κ2) is 7.53. The molecular weight excluding hydrogens is 416 g/mol. The smallest absolute Gasteiger partial charge is 0.255 e. The van der Waals surface area contributed by atoms with E-state index in [4.69, 9.17) is 0 Å². The molecule has 1 amide bonds. The largest absolute Gasteiger partial charge is 0.338 e. The van der Waals surface area contributed by atoms with E-state index in [1.165, 1.54) is 17.4 Å². The van der Waals surface area contributed by atoms with Crippen molar-refractivity contribution in [1.29, 1.82) is 5.26 Å². The van der Waals surface area contributed by atoms with Crippen LogP contribution in [-0.2, 0) is 0 Å². The number of nitrogens with zero attached hydrogens (tertiary/aromatic N) is 6. The van der Waals surface area contributed by atoms with E-state index in [-0.39, 0.29) is 37.4 Å². The van der Waals surface area contributed by atoms with Crippen LogP contribution in [0.15, 0.2) is 49.1 Å². The standard InChI is InChI=1S/C22H17F2N7O/c23-22(24)5-7-30(8-6-22)21(32)15-9-18-16(10-25)12-31(20(18)26-11-15)17-3-1-14(2-4-17)19-27-13-28-29-19/h1-4,9,11-13H,5-8H2,(H,27,28,29). The Kier molecular flexibility index (Phi) is 4.66. The fourth-order valence-corrected chi connectivity index (χ4v) is 3.85. The Morgan fingerprint density at radius 1 is 1.16 bits per heavy atom. The summed E-state index contributed by atoms with van der Waals surface area (Å²) < 4.78 is 28.6. The summed E-state index contributed by atoms with van der Waals surface area (Å²) in [5, 5.41) is 16.8. The lowest BCUT2D eigenvalue weighted by atomic mass is 10.1. The second-order valence-electron chi connectivity index (χ2n) is 7.65. The first-order chi connectivity index (χ1) is 15.4. The number of rotatable bonds is 3. The van der Waals surface area contributed by atoms with Gasteiger partial charge in [-0.25, -0.2) is 18.7 Å². The molecule has 1 saturated heterocycles. The number of piperidine rings is 1. The number of fused-ring (bicyclic) bond motifs is 1. The SMILES string of the molecule is N#Cc1cn(-c2ccc(-c3ncn[nH]3)cc2)c2ncc(C(=O)N3CCC(F)(F)CC3)cc12. The van der Waals surface area contributed by atoms with Gasteiger partial charge in [-0.15, -0.1) is 0 Å². The molecule has 1 fully saturated rings. The van der Waals surface area contributed by atoms with Gasteiger partial charge in [0.15, 0.2) is 5.82 Å². The molecule has 0 radical (unpaired) electrons. The zero-order valence-corrected chi connectivity index (χ0v) is 16.8. The number of nitriles is 1. The van der Waals surface area contributed by atoms with Gasteiger partial charge in [0.05, 0.1) is 11.1 Å². The van der Waals surface area contributed by atoms with Gasteiger partial charge in [0.1, 0.15) is 18.0 Å². The summed E-state index contributed by atoms with van der Waals surface area (Å²) in [6.07, 6.45) is 3.82. The molecule has 5 rings (SSSR count). The minimum atomic E-state index is -2.73. The fraction of sp³-hybridized carbons (Fsp3) is 0.227.